The minimum absolute atomic E-state index is 0.0658. The first-order valence-electron chi connectivity index (χ1n) is 10.4. The number of carbonyl (C=O) groups excluding carboxylic acids is 2. The van der Waals surface area contributed by atoms with Crippen LogP contribution in [0.1, 0.15) is 33.7 Å². The van der Waals surface area contributed by atoms with E-state index in [-0.39, 0.29) is 17.9 Å². The zero-order valence-electron chi connectivity index (χ0n) is 18.2. The molecule has 0 bridgehead atoms. The molecule has 172 valence electrons. The van der Waals surface area contributed by atoms with Gasteiger partial charge in [-0.1, -0.05) is 11.6 Å². The Morgan fingerprint density at radius 1 is 1.18 bits per heavy atom. The summed E-state index contributed by atoms with van der Waals surface area (Å²) in [5.41, 5.74) is 0.984. The normalized spacial score (nSPS) is 16.0. The number of rotatable bonds is 6. The predicted octanol–water partition coefficient (Wildman–Crippen LogP) is 5.17. The van der Waals surface area contributed by atoms with Gasteiger partial charge in [-0.25, -0.2) is 0 Å². The molecule has 0 spiro atoms. The van der Waals surface area contributed by atoms with Gasteiger partial charge in [0.15, 0.2) is 22.9 Å². The summed E-state index contributed by atoms with van der Waals surface area (Å²) in [5, 5.41) is 11.8. The molecule has 4 aromatic rings. The number of Topliss-reactive ketones (excluding diaryl/α,β-unsaturated/α-hetero) is 1. The number of hydrogen-bond acceptors (Lipinski definition) is 7. The third-order valence-corrected chi connectivity index (χ3v) is 5.89. The lowest BCUT2D eigenvalue weighted by molar-refractivity contribution is -0.130. The maximum Gasteiger partial charge on any atom is 0.290 e. The average Bonchev–Trinajstić information content (AvgIpc) is 3.51. The molecule has 0 saturated carbocycles. The number of hydrogen-bond donors (Lipinski definition) is 1. The van der Waals surface area contributed by atoms with E-state index in [4.69, 9.17) is 25.2 Å². The number of aryl methyl sites for hydroxylation is 1. The van der Waals surface area contributed by atoms with Crippen molar-refractivity contribution in [3.63, 3.8) is 0 Å². The highest BCUT2D eigenvalue weighted by molar-refractivity contribution is 6.31. The highest BCUT2D eigenvalue weighted by Gasteiger charge is 2.46. The third-order valence-electron chi connectivity index (χ3n) is 5.67. The minimum atomic E-state index is -0.944. The number of ether oxygens (including phenoxy) is 1. The highest BCUT2D eigenvalue weighted by atomic mass is 35.5. The second-order valence-corrected chi connectivity index (χ2v) is 8.30. The second-order valence-electron chi connectivity index (χ2n) is 7.87. The van der Waals surface area contributed by atoms with Gasteiger partial charge in [0, 0.05) is 35.4 Å². The molecule has 1 unspecified atom stereocenters. The summed E-state index contributed by atoms with van der Waals surface area (Å²) in [6.45, 7) is 1.89. The van der Waals surface area contributed by atoms with Gasteiger partial charge in [0.25, 0.3) is 5.91 Å². The van der Waals surface area contributed by atoms with Crippen LogP contribution in [0, 0.1) is 6.92 Å². The highest BCUT2D eigenvalue weighted by Crippen LogP contribution is 2.42. The monoisotopic (exact) mass is 478 g/mol. The Bertz CT molecular complexity index is 1450. The van der Waals surface area contributed by atoms with Gasteiger partial charge >= 0.3 is 0 Å². The molecule has 1 aromatic carbocycles. The summed E-state index contributed by atoms with van der Waals surface area (Å²) in [5.74, 6) is -0.726. The van der Waals surface area contributed by atoms with E-state index in [1.807, 2.05) is 0 Å². The van der Waals surface area contributed by atoms with Crippen LogP contribution in [0.15, 0.2) is 75.0 Å². The lowest BCUT2D eigenvalue weighted by atomic mass is 9.99. The number of pyridine rings is 1. The van der Waals surface area contributed by atoms with E-state index in [0.29, 0.717) is 33.3 Å². The average molecular weight is 479 g/mol. The van der Waals surface area contributed by atoms with E-state index in [9.17, 15) is 14.7 Å². The molecular weight excluding hydrogens is 460 g/mol. The zero-order valence-corrected chi connectivity index (χ0v) is 19.0. The molecule has 0 fully saturated rings. The van der Waals surface area contributed by atoms with E-state index < -0.39 is 23.5 Å². The molecule has 34 heavy (non-hydrogen) atoms. The summed E-state index contributed by atoms with van der Waals surface area (Å²) in [6.07, 6.45) is 3.21. The Kier molecular flexibility index (Phi) is 5.37. The van der Waals surface area contributed by atoms with Crippen LogP contribution < -0.4 is 4.74 Å². The van der Waals surface area contributed by atoms with Crippen LogP contribution in [-0.4, -0.2) is 33.8 Å². The van der Waals surface area contributed by atoms with Crippen molar-refractivity contribution in [3.8, 4) is 5.75 Å². The first-order valence-corrected chi connectivity index (χ1v) is 10.8. The summed E-state index contributed by atoms with van der Waals surface area (Å²) in [4.78, 5) is 32.1. The lowest BCUT2D eigenvalue weighted by Gasteiger charge is -2.24. The zero-order chi connectivity index (χ0) is 24.0. The van der Waals surface area contributed by atoms with Crippen molar-refractivity contribution in [2.24, 2.45) is 0 Å². The van der Waals surface area contributed by atoms with E-state index in [1.165, 1.54) is 18.1 Å². The van der Waals surface area contributed by atoms with Gasteiger partial charge in [0.1, 0.15) is 17.6 Å². The van der Waals surface area contributed by atoms with Gasteiger partial charge in [-0.05, 0) is 48.9 Å². The van der Waals surface area contributed by atoms with Crippen molar-refractivity contribution in [1.82, 2.24) is 9.88 Å². The SMILES string of the molecule is COc1cc(Cl)cc2cc(C(=O)C3=C(O)C(=O)N(Cc4ccncc4)C3c3ccc(C)o3)oc12. The minimum Gasteiger partial charge on any atom is -0.503 e. The number of aromatic nitrogens is 1. The van der Waals surface area contributed by atoms with Crippen LogP contribution in [0.4, 0.5) is 0 Å². The second kappa shape index (κ2) is 8.39. The van der Waals surface area contributed by atoms with Crippen molar-refractivity contribution < 1.29 is 28.3 Å². The van der Waals surface area contributed by atoms with Crippen LogP contribution in [0.2, 0.25) is 5.02 Å². The van der Waals surface area contributed by atoms with Crippen LogP contribution in [0.25, 0.3) is 11.0 Å². The van der Waals surface area contributed by atoms with Crippen LogP contribution in [0.5, 0.6) is 5.75 Å². The van der Waals surface area contributed by atoms with E-state index >= 15 is 0 Å². The number of fused-ring (bicyclic) bond motifs is 1. The summed E-state index contributed by atoms with van der Waals surface area (Å²) in [7, 11) is 1.46. The molecule has 0 radical (unpaired) electrons. The number of nitrogens with zero attached hydrogens (tertiary/aromatic N) is 2. The largest absolute Gasteiger partial charge is 0.503 e. The van der Waals surface area contributed by atoms with Crippen LogP contribution in [-0.2, 0) is 11.3 Å². The fraction of sp³-hybridized carbons (Fsp3) is 0.160. The molecule has 9 heteroatoms. The van der Waals surface area contributed by atoms with Crippen molar-refractivity contribution in [2.45, 2.75) is 19.5 Å². The van der Waals surface area contributed by atoms with E-state index in [1.54, 1.807) is 55.7 Å². The Morgan fingerprint density at radius 2 is 1.94 bits per heavy atom. The number of furan rings is 2. The first-order chi connectivity index (χ1) is 16.4. The van der Waals surface area contributed by atoms with Gasteiger partial charge in [-0.2, -0.15) is 0 Å². The summed E-state index contributed by atoms with van der Waals surface area (Å²) in [6, 6.07) is 10.7. The molecule has 4 heterocycles. The maximum absolute atomic E-state index is 13.6. The Balaban J connectivity index is 1.60. The number of benzene rings is 1. The number of methoxy groups -OCH3 is 1. The summed E-state index contributed by atoms with van der Waals surface area (Å²) >= 11 is 6.14. The number of carbonyl (C=O) groups is 2. The Morgan fingerprint density at radius 3 is 2.62 bits per heavy atom. The molecule has 1 amide bonds. The molecule has 1 atom stereocenters. The van der Waals surface area contributed by atoms with Gasteiger partial charge in [0.2, 0.25) is 5.78 Å². The Hall–Kier alpha value is -4.04. The number of aliphatic hydroxyl groups excluding tert-OH is 1. The van der Waals surface area contributed by atoms with Crippen molar-refractivity contribution in [3.05, 3.63) is 94.1 Å². The topological polar surface area (TPSA) is 106 Å². The summed E-state index contributed by atoms with van der Waals surface area (Å²) < 4.78 is 16.9. The Labute approximate surface area is 199 Å². The quantitative estimate of drug-likeness (QED) is 0.381. The van der Waals surface area contributed by atoms with Gasteiger partial charge in [-0.3, -0.25) is 14.6 Å². The van der Waals surface area contributed by atoms with Crippen LogP contribution in [0.3, 0.4) is 0 Å². The number of ketones is 1. The fourth-order valence-corrected chi connectivity index (χ4v) is 4.33. The standard InChI is InChI=1S/C25H19ClN2O6/c1-13-3-4-17(33-13)21-20(23(30)25(31)28(21)12-14-5-7-27-8-6-14)22(29)18-10-15-9-16(26)11-19(32-2)24(15)34-18/h3-11,21,30H,12H2,1-2H3. The molecular formula is C25H19ClN2O6. The lowest BCUT2D eigenvalue weighted by Crippen LogP contribution is -2.30. The van der Waals surface area contributed by atoms with Crippen molar-refractivity contribution in [2.75, 3.05) is 7.11 Å². The maximum atomic E-state index is 13.6. The van der Waals surface area contributed by atoms with Crippen molar-refractivity contribution in [1.29, 1.82) is 0 Å². The molecule has 5 rings (SSSR count). The molecule has 1 N–H and O–H groups in total. The van der Waals surface area contributed by atoms with Gasteiger partial charge in [-0.15, -0.1) is 0 Å². The molecule has 3 aromatic heterocycles. The molecule has 8 nitrogen and oxygen atoms in total. The fourth-order valence-electron chi connectivity index (χ4n) is 4.11. The molecule has 0 aliphatic carbocycles. The molecule has 1 aliphatic heterocycles. The van der Waals surface area contributed by atoms with Crippen molar-refractivity contribution >= 4 is 34.3 Å². The first kappa shape index (κ1) is 21.8. The van der Waals surface area contributed by atoms with Crippen LogP contribution >= 0.6 is 11.6 Å². The van der Waals surface area contributed by atoms with E-state index in [0.717, 1.165) is 5.56 Å². The molecule has 0 saturated heterocycles. The number of aliphatic hydroxyl groups is 1. The smallest absolute Gasteiger partial charge is 0.290 e. The molecule has 1 aliphatic rings. The number of halogens is 1. The predicted molar refractivity (Wildman–Crippen MR) is 123 cm³/mol. The van der Waals surface area contributed by atoms with Gasteiger partial charge < -0.3 is 23.6 Å². The van der Waals surface area contributed by atoms with Gasteiger partial charge in [0.05, 0.1) is 12.7 Å². The third kappa shape index (κ3) is 3.62. The van der Waals surface area contributed by atoms with E-state index in [2.05, 4.69) is 4.98 Å². The number of amides is 1.